The number of nitrogens with one attached hydrogen (secondary N) is 3. The highest BCUT2D eigenvalue weighted by Gasteiger charge is 2.12. The predicted molar refractivity (Wildman–Crippen MR) is 130 cm³/mol. The van der Waals surface area contributed by atoms with Gasteiger partial charge in [0.1, 0.15) is 0 Å². The molecule has 1 atom stereocenters. The molecule has 28 heavy (non-hydrogen) atoms. The Morgan fingerprint density at radius 3 is 2.36 bits per heavy atom. The van der Waals surface area contributed by atoms with Crippen LogP contribution in [0.2, 0.25) is 0 Å². The van der Waals surface area contributed by atoms with E-state index in [2.05, 4.69) is 66.0 Å². The smallest absolute Gasteiger partial charge is 0.191 e. The summed E-state index contributed by atoms with van der Waals surface area (Å²) in [6.07, 6.45) is 1.25. The maximum absolute atomic E-state index is 5.81. The molecule has 0 aliphatic heterocycles. The van der Waals surface area contributed by atoms with E-state index in [0.717, 1.165) is 44.3 Å². The molecular formula is C21H39IN4O2. The summed E-state index contributed by atoms with van der Waals surface area (Å²) in [5.74, 6) is 1.36. The number of nitrogens with zero attached hydrogens (tertiary/aromatic N) is 1. The van der Waals surface area contributed by atoms with Crippen molar-refractivity contribution in [1.82, 2.24) is 10.6 Å². The van der Waals surface area contributed by atoms with E-state index in [1.54, 1.807) is 7.11 Å². The SMILES string of the molecule is CCNC(=NCc1ccc(NCCOC)cc1)NCCC(OCC)C(C)C.I. The van der Waals surface area contributed by atoms with Gasteiger partial charge in [-0.15, -0.1) is 24.0 Å². The molecule has 0 radical (unpaired) electrons. The summed E-state index contributed by atoms with van der Waals surface area (Å²) < 4.78 is 10.9. The van der Waals surface area contributed by atoms with Gasteiger partial charge in [-0.3, -0.25) is 0 Å². The molecule has 0 bridgehead atoms. The summed E-state index contributed by atoms with van der Waals surface area (Å²) >= 11 is 0. The van der Waals surface area contributed by atoms with E-state index in [4.69, 9.17) is 9.47 Å². The fourth-order valence-corrected chi connectivity index (χ4v) is 2.69. The van der Waals surface area contributed by atoms with Gasteiger partial charge in [0.2, 0.25) is 0 Å². The molecule has 1 aromatic carbocycles. The number of ether oxygens (including phenoxy) is 2. The standard InChI is InChI=1S/C21H38N4O2.HI/c1-6-22-21(24-13-12-20(17(3)4)27-7-2)25-16-18-8-10-19(11-9-18)23-14-15-26-5;/h8-11,17,20,23H,6-7,12-16H2,1-5H3,(H2,22,24,25);1H. The number of methoxy groups -OCH3 is 1. The molecule has 1 unspecified atom stereocenters. The highest BCUT2D eigenvalue weighted by atomic mass is 127. The van der Waals surface area contributed by atoms with Gasteiger partial charge < -0.3 is 25.4 Å². The highest BCUT2D eigenvalue weighted by molar-refractivity contribution is 14.0. The van der Waals surface area contributed by atoms with E-state index in [9.17, 15) is 0 Å². The Morgan fingerprint density at radius 2 is 1.79 bits per heavy atom. The second-order valence-corrected chi connectivity index (χ2v) is 6.76. The second kappa shape index (κ2) is 16.9. The number of rotatable bonds is 13. The third-order valence-corrected chi connectivity index (χ3v) is 4.20. The maximum Gasteiger partial charge on any atom is 0.191 e. The molecule has 0 saturated carbocycles. The van der Waals surface area contributed by atoms with Gasteiger partial charge in [0, 0.05) is 39.0 Å². The Labute approximate surface area is 188 Å². The average Bonchev–Trinajstić information content (AvgIpc) is 2.66. The first-order chi connectivity index (χ1) is 13.1. The van der Waals surface area contributed by atoms with Crippen LogP contribution in [0.3, 0.4) is 0 Å². The Bertz CT molecular complexity index is 524. The number of anilines is 1. The summed E-state index contributed by atoms with van der Waals surface area (Å²) in [6, 6.07) is 8.37. The van der Waals surface area contributed by atoms with Crippen LogP contribution in [-0.2, 0) is 16.0 Å². The van der Waals surface area contributed by atoms with Crippen LogP contribution in [0.1, 0.15) is 39.7 Å². The minimum absolute atomic E-state index is 0. The van der Waals surface area contributed by atoms with E-state index in [-0.39, 0.29) is 30.1 Å². The molecule has 0 aliphatic rings. The molecule has 0 saturated heterocycles. The molecule has 6 nitrogen and oxygen atoms in total. The van der Waals surface area contributed by atoms with Gasteiger partial charge in [-0.2, -0.15) is 0 Å². The lowest BCUT2D eigenvalue weighted by Gasteiger charge is -2.21. The first-order valence-electron chi connectivity index (χ1n) is 10.1. The number of hydrogen-bond acceptors (Lipinski definition) is 4. The van der Waals surface area contributed by atoms with Crippen molar-refractivity contribution in [1.29, 1.82) is 0 Å². The second-order valence-electron chi connectivity index (χ2n) is 6.76. The Hall–Kier alpha value is -1.06. The van der Waals surface area contributed by atoms with Crippen molar-refractivity contribution in [2.24, 2.45) is 10.9 Å². The van der Waals surface area contributed by atoms with E-state index < -0.39 is 0 Å². The lowest BCUT2D eigenvalue weighted by Crippen LogP contribution is -2.39. The summed E-state index contributed by atoms with van der Waals surface area (Å²) in [6.45, 7) is 13.1. The normalized spacial score (nSPS) is 12.4. The van der Waals surface area contributed by atoms with Crippen molar-refractivity contribution in [3.05, 3.63) is 29.8 Å². The van der Waals surface area contributed by atoms with Crippen molar-refractivity contribution >= 4 is 35.6 Å². The number of aliphatic imine (C=N–C) groups is 1. The predicted octanol–water partition coefficient (Wildman–Crippen LogP) is 3.87. The summed E-state index contributed by atoms with van der Waals surface area (Å²) in [5, 5.41) is 10.0. The van der Waals surface area contributed by atoms with Crippen LogP contribution in [0.15, 0.2) is 29.3 Å². The summed E-state index contributed by atoms with van der Waals surface area (Å²) in [4.78, 5) is 4.69. The quantitative estimate of drug-likeness (QED) is 0.164. The molecule has 1 aromatic rings. The topological polar surface area (TPSA) is 66.9 Å². The lowest BCUT2D eigenvalue weighted by molar-refractivity contribution is 0.0258. The molecule has 0 fully saturated rings. The Kier molecular flexibility index (Phi) is 16.2. The molecule has 7 heteroatoms. The third kappa shape index (κ3) is 11.7. The van der Waals surface area contributed by atoms with Gasteiger partial charge in [0.25, 0.3) is 0 Å². The third-order valence-electron chi connectivity index (χ3n) is 4.20. The average molecular weight is 506 g/mol. The molecule has 0 spiro atoms. The Balaban J connectivity index is 0.00000729. The van der Waals surface area contributed by atoms with Gasteiger partial charge in [-0.1, -0.05) is 26.0 Å². The minimum Gasteiger partial charge on any atom is -0.383 e. The van der Waals surface area contributed by atoms with E-state index in [0.29, 0.717) is 19.1 Å². The van der Waals surface area contributed by atoms with Gasteiger partial charge in [-0.25, -0.2) is 4.99 Å². The zero-order valence-corrected chi connectivity index (χ0v) is 20.4. The molecule has 0 aliphatic carbocycles. The first-order valence-corrected chi connectivity index (χ1v) is 10.1. The largest absolute Gasteiger partial charge is 0.383 e. The van der Waals surface area contributed by atoms with Gasteiger partial charge >= 0.3 is 0 Å². The highest BCUT2D eigenvalue weighted by Crippen LogP contribution is 2.11. The summed E-state index contributed by atoms with van der Waals surface area (Å²) in [5.41, 5.74) is 2.28. The number of guanidine groups is 1. The van der Waals surface area contributed by atoms with Crippen molar-refractivity contribution in [2.45, 2.75) is 46.8 Å². The van der Waals surface area contributed by atoms with Gasteiger partial charge in [0.05, 0.1) is 19.3 Å². The molecule has 162 valence electrons. The van der Waals surface area contributed by atoms with Crippen LogP contribution < -0.4 is 16.0 Å². The van der Waals surface area contributed by atoms with Crippen LogP contribution in [0, 0.1) is 5.92 Å². The van der Waals surface area contributed by atoms with E-state index >= 15 is 0 Å². The molecule has 0 amide bonds. The molecule has 0 heterocycles. The van der Waals surface area contributed by atoms with Crippen molar-refractivity contribution < 1.29 is 9.47 Å². The van der Waals surface area contributed by atoms with Crippen molar-refractivity contribution in [2.75, 3.05) is 45.3 Å². The van der Waals surface area contributed by atoms with Crippen LogP contribution in [0.5, 0.6) is 0 Å². The maximum atomic E-state index is 5.81. The van der Waals surface area contributed by atoms with Gasteiger partial charge in [-0.05, 0) is 43.9 Å². The zero-order chi connectivity index (χ0) is 19.9. The van der Waals surface area contributed by atoms with Crippen LogP contribution in [-0.4, -0.2) is 52.0 Å². The van der Waals surface area contributed by atoms with Crippen molar-refractivity contribution in [3.63, 3.8) is 0 Å². The lowest BCUT2D eigenvalue weighted by atomic mass is 10.0. The fourth-order valence-electron chi connectivity index (χ4n) is 2.69. The molecule has 1 rings (SSSR count). The number of halogens is 1. The number of benzene rings is 1. The van der Waals surface area contributed by atoms with E-state index in [1.165, 1.54) is 5.56 Å². The molecule has 0 aromatic heterocycles. The van der Waals surface area contributed by atoms with Gasteiger partial charge in [0.15, 0.2) is 5.96 Å². The van der Waals surface area contributed by atoms with Crippen LogP contribution in [0.25, 0.3) is 0 Å². The monoisotopic (exact) mass is 506 g/mol. The Morgan fingerprint density at radius 1 is 1.07 bits per heavy atom. The van der Waals surface area contributed by atoms with Crippen molar-refractivity contribution in [3.8, 4) is 0 Å². The minimum atomic E-state index is 0. The number of hydrogen-bond donors (Lipinski definition) is 3. The van der Waals surface area contributed by atoms with E-state index in [1.807, 2.05) is 6.92 Å². The molecule has 3 N–H and O–H groups in total. The zero-order valence-electron chi connectivity index (χ0n) is 18.1. The summed E-state index contributed by atoms with van der Waals surface area (Å²) in [7, 11) is 1.71. The first kappa shape index (κ1) is 26.9. The molecular weight excluding hydrogens is 467 g/mol. The fraction of sp³-hybridized carbons (Fsp3) is 0.667. The van der Waals surface area contributed by atoms with Crippen LogP contribution >= 0.6 is 24.0 Å². The van der Waals surface area contributed by atoms with Crippen LogP contribution in [0.4, 0.5) is 5.69 Å².